The first-order valence-electron chi connectivity index (χ1n) is 9.77. The number of hydrogen-bond donors (Lipinski definition) is 0. The first-order chi connectivity index (χ1) is 10.7. The van der Waals surface area contributed by atoms with E-state index in [0.717, 1.165) is 12.3 Å². The van der Waals surface area contributed by atoms with Gasteiger partial charge in [0.25, 0.3) is 0 Å². The highest BCUT2D eigenvalue weighted by atomic mass is 16.5. The first-order valence-corrected chi connectivity index (χ1v) is 9.77. The van der Waals surface area contributed by atoms with Crippen LogP contribution in [0.4, 0.5) is 0 Å². The highest BCUT2D eigenvalue weighted by Crippen LogP contribution is 2.18. The maximum atomic E-state index is 11.0. The Kier molecular flexibility index (Phi) is 16.4. The fourth-order valence-corrected chi connectivity index (χ4v) is 2.99. The van der Waals surface area contributed by atoms with Gasteiger partial charge in [-0.2, -0.15) is 0 Å². The Labute approximate surface area is 139 Å². The Morgan fingerprint density at radius 3 is 1.73 bits per heavy atom. The molecule has 0 N–H and O–H groups in total. The standard InChI is InChI=1S/C20H40O2/c1-4-5-6-10-13-16-19(2)17-14-11-8-7-9-12-15-18-20(21)22-3/h19H,4-18H2,1-3H3. The lowest BCUT2D eigenvalue weighted by Crippen LogP contribution is -1.99. The summed E-state index contributed by atoms with van der Waals surface area (Å²) in [5, 5.41) is 0. The van der Waals surface area contributed by atoms with Crippen molar-refractivity contribution in [2.24, 2.45) is 5.92 Å². The monoisotopic (exact) mass is 312 g/mol. The molecule has 0 aliphatic rings. The lowest BCUT2D eigenvalue weighted by Gasteiger charge is -2.11. The predicted octanol–water partition coefficient (Wildman–Crippen LogP) is 6.67. The molecule has 0 aliphatic carbocycles. The van der Waals surface area contributed by atoms with Crippen molar-refractivity contribution >= 4 is 5.97 Å². The molecule has 0 radical (unpaired) electrons. The highest BCUT2D eigenvalue weighted by Gasteiger charge is 2.02. The maximum absolute atomic E-state index is 11.0. The molecule has 0 saturated heterocycles. The Morgan fingerprint density at radius 1 is 0.773 bits per heavy atom. The fraction of sp³-hybridized carbons (Fsp3) is 0.950. The lowest BCUT2D eigenvalue weighted by atomic mass is 9.96. The van der Waals surface area contributed by atoms with Gasteiger partial charge in [0, 0.05) is 6.42 Å². The van der Waals surface area contributed by atoms with E-state index in [9.17, 15) is 4.79 Å². The van der Waals surface area contributed by atoms with E-state index in [1.54, 1.807) is 0 Å². The van der Waals surface area contributed by atoms with Crippen LogP contribution in [0, 0.1) is 5.92 Å². The van der Waals surface area contributed by atoms with Crippen molar-refractivity contribution in [3.63, 3.8) is 0 Å². The van der Waals surface area contributed by atoms with Gasteiger partial charge < -0.3 is 4.74 Å². The second-order valence-corrected chi connectivity index (χ2v) is 6.90. The van der Waals surface area contributed by atoms with E-state index in [1.165, 1.54) is 90.6 Å². The van der Waals surface area contributed by atoms with E-state index < -0.39 is 0 Å². The van der Waals surface area contributed by atoms with Gasteiger partial charge >= 0.3 is 5.97 Å². The Hall–Kier alpha value is -0.530. The van der Waals surface area contributed by atoms with Crippen molar-refractivity contribution < 1.29 is 9.53 Å². The zero-order valence-corrected chi connectivity index (χ0v) is 15.5. The molecule has 0 heterocycles. The van der Waals surface area contributed by atoms with E-state index >= 15 is 0 Å². The zero-order valence-electron chi connectivity index (χ0n) is 15.5. The molecule has 0 fully saturated rings. The van der Waals surface area contributed by atoms with Gasteiger partial charge in [-0.1, -0.05) is 97.3 Å². The molecule has 0 aromatic carbocycles. The van der Waals surface area contributed by atoms with Gasteiger partial charge in [-0.3, -0.25) is 4.79 Å². The number of rotatable bonds is 16. The average molecular weight is 313 g/mol. The highest BCUT2D eigenvalue weighted by molar-refractivity contribution is 5.68. The summed E-state index contributed by atoms with van der Waals surface area (Å²) in [7, 11) is 1.47. The SMILES string of the molecule is CCCCCCCC(C)CCCCCCCCCC(=O)OC. The van der Waals surface area contributed by atoms with E-state index in [-0.39, 0.29) is 5.97 Å². The molecule has 2 nitrogen and oxygen atoms in total. The van der Waals surface area contributed by atoms with E-state index in [1.807, 2.05) is 0 Å². The molecule has 0 aliphatic heterocycles. The molecule has 1 unspecified atom stereocenters. The van der Waals surface area contributed by atoms with Crippen LogP contribution in [0.25, 0.3) is 0 Å². The Balaban J connectivity index is 3.16. The van der Waals surface area contributed by atoms with Crippen molar-refractivity contribution in [3.05, 3.63) is 0 Å². The van der Waals surface area contributed by atoms with Crippen molar-refractivity contribution in [1.82, 2.24) is 0 Å². The van der Waals surface area contributed by atoms with Crippen molar-refractivity contribution in [1.29, 1.82) is 0 Å². The third kappa shape index (κ3) is 15.9. The van der Waals surface area contributed by atoms with Gasteiger partial charge in [-0.15, -0.1) is 0 Å². The van der Waals surface area contributed by atoms with E-state index in [4.69, 9.17) is 0 Å². The van der Waals surface area contributed by atoms with Crippen LogP contribution in [0.2, 0.25) is 0 Å². The molecule has 0 spiro atoms. The van der Waals surface area contributed by atoms with Crippen LogP contribution in [-0.4, -0.2) is 13.1 Å². The molecule has 0 rings (SSSR count). The van der Waals surface area contributed by atoms with Crippen molar-refractivity contribution in [2.75, 3.05) is 7.11 Å². The first kappa shape index (κ1) is 21.5. The minimum absolute atomic E-state index is 0.0660. The van der Waals surface area contributed by atoms with Crippen LogP contribution in [0.3, 0.4) is 0 Å². The van der Waals surface area contributed by atoms with Crippen LogP contribution in [0.15, 0.2) is 0 Å². The summed E-state index contributed by atoms with van der Waals surface area (Å²) in [4.78, 5) is 11.0. The molecule has 0 aromatic heterocycles. The van der Waals surface area contributed by atoms with Crippen LogP contribution in [0.5, 0.6) is 0 Å². The number of methoxy groups -OCH3 is 1. The smallest absolute Gasteiger partial charge is 0.305 e. The van der Waals surface area contributed by atoms with Gasteiger partial charge in [0.2, 0.25) is 0 Å². The quantitative estimate of drug-likeness (QED) is 0.235. The summed E-state index contributed by atoms with van der Waals surface area (Å²) in [5.74, 6) is 0.852. The molecule has 0 bridgehead atoms. The third-order valence-corrected chi connectivity index (χ3v) is 4.61. The maximum Gasteiger partial charge on any atom is 0.305 e. The number of hydrogen-bond acceptors (Lipinski definition) is 2. The minimum Gasteiger partial charge on any atom is -0.469 e. The van der Waals surface area contributed by atoms with Crippen LogP contribution < -0.4 is 0 Å². The molecule has 1 atom stereocenters. The average Bonchev–Trinajstić information content (AvgIpc) is 2.52. The number of carbonyl (C=O) groups excluding carboxylic acids is 1. The number of ether oxygens (including phenoxy) is 1. The van der Waals surface area contributed by atoms with Crippen molar-refractivity contribution in [2.45, 2.75) is 110 Å². The Bertz CT molecular complexity index is 238. The zero-order chi connectivity index (χ0) is 16.5. The summed E-state index contributed by atoms with van der Waals surface area (Å²) in [6.07, 6.45) is 19.4. The summed E-state index contributed by atoms with van der Waals surface area (Å²) < 4.78 is 4.64. The fourth-order valence-electron chi connectivity index (χ4n) is 2.99. The van der Waals surface area contributed by atoms with Crippen LogP contribution in [-0.2, 0) is 9.53 Å². The molecule has 22 heavy (non-hydrogen) atoms. The second kappa shape index (κ2) is 16.8. The van der Waals surface area contributed by atoms with E-state index in [2.05, 4.69) is 18.6 Å². The van der Waals surface area contributed by atoms with Crippen LogP contribution in [0.1, 0.15) is 110 Å². The second-order valence-electron chi connectivity index (χ2n) is 6.90. The summed E-state index contributed by atoms with van der Waals surface area (Å²) in [6.45, 7) is 4.70. The summed E-state index contributed by atoms with van der Waals surface area (Å²) >= 11 is 0. The van der Waals surface area contributed by atoms with Gasteiger partial charge in [-0.25, -0.2) is 0 Å². The normalized spacial score (nSPS) is 12.3. The molecule has 0 amide bonds. The summed E-state index contributed by atoms with van der Waals surface area (Å²) in [6, 6.07) is 0. The van der Waals surface area contributed by atoms with E-state index in [0.29, 0.717) is 6.42 Å². The molecular weight excluding hydrogens is 272 g/mol. The predicted molar refractivity (Wildman–Crippen MR) is 96.1 cm³/mol. The molecular formula is C20H40O2. The number of unbranched alkanes of at least 4 members (excludes halogenated alkanes) is 10. The molecule has 132 valence electrons. The lowest BCUT2D eigenvalue weighted by molar-refractivity contribution is -0.140. The minimum atomic E-state index is -0.0660. The van der Waals surface area contributed by atoms with Gasteiger partial charge in [0.05, 0.1) is 7.11 Å². The summed E-state index contributed by atoms with van der Waals surface area (Å²) in [5.41, 5.74) is 0. The van der Waals surface area contributed by atoms with Crippen LogP contribution >= 0.6 is 0 Å². The van der Waals surface area contributed by atoms with Gasteiger partial charge in [0.15, 0.2) is 0 Å². The molecule has 0 saturated carbocycles. The number of esters is 1. The number of carbonyl (C=O) groups is 1. The molecule has 0 aromatic rings. The third-order valence-electron chi connectivity index (χ3n) is 4.61. The topological polar surface area (TPSA) is 26.3 Å². The largest absolute Gasteiger partial charge is 0.469 e. The van der Waals surface area contributed by atoms with Gasteiger partial charge in [0.1, 0.15) is 0 Å². The molecule has 2 heteroatoms. The Morgan fingerprint density at radius 2 is 1.23 bits per heavy atom. The van der Waals surface area contributed by atoms with Crippen molar-refractivity contribution in [3.8, 4) is 0 Å². The van der Waals surface area contributed by atoms with Gasteiger partial charge in [-0.05, 0) is 12.3 Å².